The molecule has 16 heavy (non-hydrogen) atoms. The highest BCUT2D eigenvalue weighted by atomic mass is 16.5. The molecular formula is C13H14N2O. The van der Waals surface area contributed by atoms with Crippen molar-refractivity contribution in [3.8, 4) is 11.3 Å². The third-order valence-corrected chi connectivity index (χ3v) is 2.99. The minimum atomic E-state index is 0.574. The SMILES string of the molecule is CCc1noc(C2CC2)c1-c1ccccn1. The number of nitrogens with zero attached hydrogens (tertiary/aromatic N) is 2. The molecule has 1 aliphatic rings. The van der Waals surface area contributed by atoms with E-state index in [4.69, 9.17) is 4.52 Å². The van der Waals surface area contributed by atoms with Crippen molar-refractivity contribution in [2.45, 2.75) is 32.1 Å². The van der Waals surface area contributed by atoms with Crippen LogP contribution in [0.15, 0.2) is 28.9 Å². The van der Waals surface area contributed by atoms with Crippen molar-refractivity contribution in [3.05, 3.63) is 35.9 Å². The molecule has 0 bridgehead atoms. The van der Waals surface area contributed by atoms with E-state index in [0.717, 1.165) is 29.1 Å². The maximum Gasteiger partial charge on any atom is 0.149 e. The van der Waals surface area contributed by atoms with Crippen LogP contribution in [0, 0.1) is 0 Å². The predicted molar refractivity (Wildman–Crippen MR) is 61.1 cm³/mol. The lowest BCUT2D eigenvalue weighted by molar-refractivity contribution is 0.379. The number of aryl methyl sites for hydroxylation is 1. The maximum absolute atomic E-state index is 5.48. The lowest BCUT2D eigenvalue weighted by atomic mass is 10.0. The summed E-state index contributed by atoms with van der Waals surface area (Å²) in [6.07, 6.45) is 5.15. The first-order valence-electron chi connectivity index (χ1n) is 5.80. The Hall–Kier alpha value is -1.64. The number of hydrogen-bond donors (Lipinski definition) is 0. The lowest BCUT2D eigenvalue weighted by Gasteiger charge is -2.00. The average Bonchev–Trinajstić information content (AvgIpc) is 3.09. The van der Waals surface area contributed by atoms with Crippen LogP contribution in [0.2, 0.25) is 0 Å². The van der Waals surface area contributed by atoms with Crippen molar-refractivity contribution in [3.63, 3.8) is 0 Å². The highest BCUT2D eigenvalue weighted by molar-refractivity contribution is 5.65. The first-order chi connectivity index (χ1) is 7.90. The monoisotopic (exact) mass is 214 g/mol. The normalized spacial score (nSPS) is 15.3. The molecule has 1 saturated carbocycles. The van der Waals surface area contributed by atoms with Gasteiger partial charge in [0.25, 0.3) is 0 Å². The molecule has 2 aromatic heterocycles. The Kier molecular flexibility index (Phi) is 2.24. The van der Waals surface area contributed by atoms with Gasteiger partial charge in [-0.2, -0.15) is 0 Å². The van der Waals surface area contributed by atoms with Gasteiger partial charge < -0.3 is 4.52 Å². The Morgan fingerprint density at radius 3 is 2.88 bits per heavy atom. The summed E-state index contributed by atoms with van der Waals surface area (Å²) in [7, 11) is 0. The van der Waals surface area contributed by atoms with Crippen molar-refractivity contribution in [2.75, 3.05) is 0 Å². The molecule has 0 aliphatic heterocycles. The van der Waals surface area contributed by atoms with Crippen molar-refractivity contribution < 1.29 is 4.52 Å². The van der Waals surface area contributed by atoms with Crippen LogP contribution in [0.1, 0.15) is 37.1 Å². The molecule has 0 unspecified atom stereocenters. The number of hydrogen-bond acceptors (Lipinski definition) is 3. The van der Waals surface area contributed by atoms with Gasteiger partial charge in [-0.25, -0.2) is 0 Å². The van der Waals surface area contributed by atoms with Crippen molar-refractivity contribution >= 4 is 0 Å². The zero-order valence-electron chi connectivity index (χ0n) is 9.31. The summed E-state index contributed by atoms with van der Waals surface area (Å²) in [5.41, 5.74) is 3.15. The lowest BCUT2D eigenvalue weighted by Crippen LogP contribution is -1.90. The third-order valence-electron chi connectivity index (χ3n) is 2.99. The highest BCUT2D eigenvalue weighted by Gasteiger charge is 2.32. The van der Waals surface area contributed by atoms with E-state index in [1.807, 2.05) is 24.4 Å². The molecule has 0 atom stereocenters. The fourth-order valence-corrected chi connectivity index (χ4v) is 1.99. The van der Waals surface area contributed by atoms with E-state index in [9.17, 15) is 0 Å². The van der Waals surface area contributed by atoms with Gasteiger partial charge in [-0.15, -0.1) is 0 Å². The topological polar surface area (TPSA) is 38.9 Å². The standard InChI is InChI=1S/C13H14N2O/c1-2-10-12(11-5-3-4-8-14-11)13(16-15-10)9-6-7-9/h3-5,8-9H,2,6-7H2,1H3. The van der Waals surface area contributed by atoms with Crippen LogP contribution < -0.4 is 0 Å². The second kappa shape index (κ2) is 3.74. The van der Waals surface area contributed by atoms with Gasteiger partial charge in [0.05, 0.1) is 17.0 Å². The van der Waals surface area contributed by atoms with Crippen molar-refractivity contribution in [1.82, 2.24) is 10.1 Å². The second-order valence-electron chi connectivity index (χ2n) is 4.21. The first-order valence-corrected chi connectivity index (χ1v) is 5.80. The summed E-state index contributed by atoms with van der Waals surface area (Å²) in [6, 6.07) is 5.96. The molecular weight excluding hydrogens is 200 g/mol. The molecule has 1 fully saturated rings. The van der Waals surface area contributed by atoms with E-state index in [1.54, 1.807) is 0 Å². The van der Waals surface area contributed by atoms with Crippen LogP contribution in [-0.2, 0) is 6.42 Å². The van der Waals surface area contributed by atoms with Gasteiger partial charge in [0.2, 0.25) is 0 Å². The minimum Gasteiger partial charge on any atom is -0.360 e. The van der Waals surface area contributed by atoms with Crippen molar-refractivity contribution in [2.24, 2.45) is 0 Å². The Bertz CT molecular complexity index is 486. The predicted octanol–water partition coefficient (Wildman–Crippen LogP) is 3.18. The van der Waals surface area contributed by atoms with Gasteiger partial charge in [-0.3, -0.25) is 4.98 Å². The van der Waals surface area contributed by atoms with Gasteiger partial charge in [-0.1, -0.05) is 18.1 Å². The minimum absolute atomic E-state index is 0.574. The molecule has 0 radical (unpaired) electrons. The molecule has 2 heterocycles. The van der Waals surface area contributed by atoms with E-state index in [0.29, 0.717) is 5.92 Å². The van der Waals surface area contributed by atoms with E-state index >= 15 is 0 Å². The summed E-state index contributed by atoms with van der Waals surface area (Å²) < 4.78 is 5.48. The molecule has 0 saturated heterocycles. The summed E-state index contributed by atoms with van der Waals surface area (Å²) in [6.45, 7) is 2.10. The van der Waals surface area contributed by atoms with Crippen LogP contribution in [-0.4, -0.2) is 10.1 Å². The quantitative estimate of drug-likeness (QED) is 0.787. The number of rotatable bonds is 3. The van der Waals surface area contributed by atoms with E-state index in [2.05, 4.69) is 17.1 Å². The average molecular weight is 214 g/mol. The van der Waals surface area contributed by atoms with E-state index < -0.39 is 0 Å². The Morgan fingerprint density at radius 2 is 2.25 bits per heavy atom. The van der Waals surface area contributed by atoms with Gasteiger partial charge in [-0.05, 0) is 31.4 Å². The molecule has 82 valence electrons. The molecule has 0 N–H and O–H groups in total. The van der Waals surface area contributed by atoms with Crippen molar-refractivity contribution in [1.29, 1.82) is 0 Å². The fourth-order valence-electron chi connectivity index (χ4n) is 1.99. The fraction of sp³-hybridized carbons (Fsp3) is 0.385. The second-order valence-corrected chi connectivity index (χ2v) is 4.21. The van der Waals surface area contributed by atoms with Crippen LogP contribution in [0.5, 0.6) is 0 Å². The molecule has 0 spiro atoms. The third kappa shape index (κ3) is 1.52. The molecule has 1 aliphatic carbocycles. The molecule has 3 heteroatoms. The van der Waals surface area contributed by atoms with Gasteiger partial charge in [0.1, 0.15) is 5.76 Å². The van der Waals surface area contributed by atoms with Gasteiger partial charge >= 0.3 is 0 Å². The summed E-state index contributed by atoms with van der Waals surface area (Å²) in [4.78, 5) is 4.40. The van der Waals surface area contributed by atoms with Crippen LogP contribution in [0.25, 0.3) is 11.3 Å². The number of pyridine rings is 1. The smallest absolute Gasteiger partial charge is 0.149 e. The summed E-state index contributed by atoms with van der Waals surface area (Å²) in [5.74, 6) is 1.61. The van der Waals surface area contributed by atoms with E-state index in [-0.39, 0.29) is 0 Å². The molecule has 0 aromatic carbocycles. The van der Waals surface area contributed by atoms with Crippen LogP contribution in [0.4, 0.5) is 0 Å². The zero-order valence-corrected chi connectivity index (χ0v) is 9.31. The zero-order chi connectivity index (χ0) is 11.0. The van der Waals surface area contributed by atoms with Crippen LogP contribution >= 0.6 is 0 Å². The Labute approximate surface area is 94.5 Å². The Morgan fingerprint density at radius 1 is 1.38 bits per heavy atom. The van der Waals surface area contributed by atoms with Gasteiger partial charge in [0.15, 0.2) is 0 Å². The van der Waals surface area contributed by atoms with Gasteiger partial charge in [0, 0.05) is 12.1 Å². The maximum atomic E-state index is 5.48. The summed E-state index contributed by atoms with van der Waals surface area (Å²) >= 11 is 0. The van der Waals surface area contributed by atoms with E-state index in [1.165, 1.54) is 12.8 Å². The first kappa shape index (κ1) is 9.58. The summed E-state index contributed by atoms with van der Waals surface area (Å²) in [5, 5.41) is 4.16. The highest BCUT2D eigenvalue weighted by Crippen LogP contribution is 2.45. The molecule has 2 aromatic rings. The molecule has 0 amide bonds. The van der Waals surface area contributed by atoms with Crippen LogP contribution in [0.3, 0.4) is 0 Å². The number of aromatic nitrogens is 2. The Balaban J connectivity index is 2.13. The molecule has 3 rings (SSSR count). The largest absolute Gasteiger partial charge is 0.360 e. The molecule has 3 nitrogen and oxygen atoms in total.